The molecular formula is C15H23N6O8P. The van der Waals surface area contributed by atoms with Gasteiger partial charge in [0.25, 0.3) is 0 Å². The lowest BCUT2D eigenvalue weighted by Crippen LogP contribution is -2.58. The second-order valence-electron chi connectivity index (χ2n) is 7.25. The molecule has 1 fully saturated rings. The SMILES string of the molecule is CC(C)[C@H](N)C(=O)[C@@]1(n2cnc3c(N)ncnc32)O[C@H](COP(=O)(O)O)[C@@H](O)[C@H]1O. The first-order valence-corrected chi connectivity index (χ1v) is 10.4. The quantitative estimate of drug-likeness (QED) is 0.249. The number of aromatic nitrogens is 4. The fraction of sp³-hybridized carbons (Fsp3) is 0.600. The summed E-state index contributed by atoms with van der Waals surface area (Å²) in [6, 6.07) is -1.13. The zero-order valence-electron chi connectivity index (χ0n) is 16.1. The van der Waals surface area contributed by atoms with E-state index in [1.165, 1.54) is 0 Å². The van der Waals surface area contributed by atoms with Crippen molar-refractivity contribution in [3.8, 4) is 0 Å². The number of nitrogens with zero attached hydrogens (tertiary/aromatic N) is 4. The minimum Gasteiger partial charge on any atom is -0.387 e. The van der Waals surface area contributed by atoms with E-state index in [1.54, 1.807) is 13.8 Å². The summed E-state index contributed by atoms with van der Waals surface area (Å²) in [5.41, 5.74) is 9.65. The standard InChI is InChI=1S/C15H23N6O8P/c1-6(2)8(16)11(23)15(21-5-20-9-13(17)18-4-19-14(9)21)12(24)10(22)7(29-15)3-28-30(25,26)27/h4-8,10,12,22,24H,3,16H2,1-2H3,(H2,17,18,19)(H2,25,26,27)/t7-,8+,10-,12-,15-/m1/s1. The highest BCUT2D eigenvalue weighted by Gasteiger charge is 2.62. The van der Waals surface area contributed by atoms with Crippen LogP contribution in [0.2, 0.25) is 0 Å². The molecule has 0 aliphatic carbocycles. The molecule has 166 valence electrons. The van der Waals surface area contributed by atoms with Gasteiger partial charge in [-0.2, -0.15) is 0 Å². The molecule has 0 spiro atoms. The Bertz CT molecular complexity index is 995. The van der Waals surface area contributed by atoms with Crippen LogP contribution in [0.15, 0.2) is 12.7 Å². The Morgan fingerprint density at radius 1 is 1.37 bits per heavy atom. The number of Topliss-reactive ketones (excluding diaryl/α,β-unsaturated/α-hetero) is 1. The molecular weight excluding hydrogens is 423 g/mol. The Kier molecular flexibility index (Phi) is 5.97. The molecule has 0 amide bonds. The second kappa shape index (κ2) is 7.90. The minimum absolute atomic E-state index is 0.00363. The fourth-order valence-electron chi connectivity index (χ4n) is 3.27. The third-order valence-electron chi connectivity index (χ3n) is 4.94. The van der Waals surface area contributed by atoms with E-state index in [0.29, 0.717) is 0 Å². The number of phosphoric ester groups is 1. The Hall–Kier alpha value is -2.03. The van der Waals surface area contributed by atoms with Gasteiger partial charge in [0.05, 0.1) is 12.6 Å². The van der Waals surface area contributed by atoms with Crippen LogP contribution in [0.4, 0.5) is 5.82 Å². The van der Waals surface area contributed by atoms with E-state index in [4.69, 9.17) is 26.0 Å². The average molecular weight is 446 g/mol. The third-order valence-corrected chi connectivity index (χ3v) is 5.42. The first-order chi connectivity index (χ1) is 13.9. The number of carbonyl (C=O) groups excluding carboxylic acids is 1. The normalized spacial score (nSPS) is 28.3. The van der Waals surface area contributed by atoms with Crippen molar-refractivity contribution < 1.29 is 38.6 Å². The highest BCUT2D eigenvalue weighted by Crippen LogP contribution is 2.42. The van der Waals surface area contributed by atoms with Gasteiger partial charge in [-0.1, -0.05) is 13.8 Å². The number of carbonyl (C=O) groups is 1. The molecule has 15 heteroatoms. The number of ether oxygens (including phenoxy) is 1. The van der Waals surface area contributed by atoms with Gasteiger partial charge in [0.1, 0.15) is 36.5 Å². The van der Waals surface area contributed by atoms with E-state index in [-0.39, 0.29) is 22.9 Å². The van der Waals surface area contributed by atoms with E-state index in [1.807, 2.05) is 0 Å². The summed E-state index contributed by atoms with van der Waals surface area (Å²) < 4.78 is 22.2. The Balaban J connectivity index is 2.15. The van der Waals surface area contributed by atoms with Crippen molar-refractivity contribution >= 4 is 30.6 Å². The molecule has 0 radical (unpaired) electrons. The van der Waals surface area contributed by atoms with Crippen LogP contribution < -0.4 is 11.5 Å². The molecule has 0 unspecified atom stereocenters. The van der Waals surface area contributed by atoms with Gasteiger partial charge < -0.3 is 36.2 Å². The average Bonchev–Trinajstić information content (AvgIpc) is 3.20. The van der Waals surface area contributed by atoms with Crippen molar-refractivity contribution in [1.29, 1.82) is 0 Å². The Morgan fingerprint density at radius 3 is 2.63 bits per heavy atom. The summed E-state index contributed by atoms with van der Waals surface area (Å²) in [5.74, 6) is -1.18. The maximum absolute atomic E-state index is 13.4. The topological polar surface area (TPSA) is 229 Å². The predicted octanol–water partition coefficient (Wildman–Crippen LogP) is -2.16. The lowest BCUT2D eigenvalue weighted by atomic mass is 9.89. The van der Waals surface area contributed by atoms with Crippen LogP contribution in [0, 0.1) is 5.92 Å². The molecule has 1 aliphatic heterocycles. The van der Waals surface area contributed by atoms with Crippen molar-refractivity contribution in [2.45, 2.75) is 43.9 Å². The van der Waals surface area contributed by atoms with Gasteiger partial charge in [-0.15, -0.1) is 0 Å². The van der Waals surface area contributed by atoms with Gasteiger partial charge in [-0.3, -0.25) is 13.9 Å². The number of anilines is 1. The molecule has 2 aromatic rings. The molecule has 14 nitrogen and oxygen atoms in total. The molecule has 1 saturated heterocycles. The van der Waals surface area contributed by atoms with Crippen molar-refractivity contribution in [2.24, 2.45) is 11.7 Å². The molecule has 0 saturated carbocycles. The summed E-state index contributed by atoms with van der Waals surface area (Å²) >= 11 is 0. The van der Waals surface area contributed by atoms with E-state index in [0.717, 1.165) is 17.2 Å². The minimum atomic E-state index is -4.91. The van der Waals surface area contributed by atoms with Crippen LogP contribution in [-0.4, -0.2) is 76.3 Å². The van der Waals surface area contributed by atoms with Crippen LogP contribution >= 0.6 is 7.82 Å². The number of imidazole rings is 1. The van der Waals surface area contributed by atoms with E-state index in [9.17, 15) is 19.6 Å². The molecule has 3 heterocycles. The molecule has 1 aliphatic rings. The number of phosphoric acid groups is 1. The van der Waals surface area contributed by atoms with Crippen molar-refractivity contribution in [3.05, 3.63) is 12.7 Å². The van der Waals surface area contributed by atoms with Crippen molar-refractivity contribution in [3.63, 3.8) is 0 Å². The molecule has 0 bridgehead atoms. The zero-order valence-corrected chi connectivity index (χ0v) is 17.0. The van der Waals surface area contributed by atoms with Gasteiger partial charge in [0, 0.05) is 0 Å². The third kappa shape index (κ3) is 3.72. The Labute approximate surface area is 170 Å². The first kappa shape index (κ1) is 22.7. The summed E-state index contributed by atoms with van der Waals surface area (Å²) in [6.07, 6.45) is -2.89. The van der Waals surface area contributed by atoms with Gasteiger partial charge in [-0.05, 0) is 5.92 Å². The summed E-state index contributed by atoms with van der Waals surface area (Å²) in [4.78, 5) is 43.2. The number of nitrogens with two attached hydrogens (primary N) is 2. The summed E-state index contributed by atoms with van der Waals surface area (Å²) in [7, 11) is -4.91. The van der Waals surface area contributed by atoms with Crippen LogP contribution in [0.1, 0.15) is 13.8 Å². The summed E-state index contributed by atoms with van der Waals surface area (Å²) in [6.45, 7) is 2.54. The van der Waals surface area contributed by atoms with Crippen LogP contribution in [0.5, 0.6) is 0 Å². The maximum atomic E-state index is 13.4. The largest absolute Gasteiger partial charge is 0.469 e. The van der Waals surface area contributed by atoms with E-state index in [2.05, 4.69) is 19.5 Å². The number of hydrogen-bond acceptors (Lipinski definition) is 11. The summed E-state index contributed by atoms with van der Waals surface area (Å²) in [5, 5.41) is 21.4. The van der Waals surface area contributed by atoms with Crippen molar-refractivity contribution in [2.75, 3.05) is 12.3 Å². The van der Waals surface area contributed by atoms with Gasteiger partial charge in [0.2, 0.25) is 11.5 Å². The fourth-order valence-corrected chi connectivity index (χ4v) is 3.61. The van der Waals surface area contributed by atoms with Crippen LogP contribution in [-0.2, 0) is 24.3 Å². The van der Waals surface area contributed by atoms with Crippen LogP contribution in [0.25, 0.3) is 11.2 Å². The number of aliphatic hydroxyl groups excluding tert-OH is 2. The smallest absolute Gasteiger partial charge is 0.387 e. The molecule has 3 rings (SSSR count). The zero-order chi connectivity index (χ0) is 22.4. The Morgan fingerprint density at radius 2 is 2.03 bits per heavy atom. The lowest BCUT2D eigenvalue weighted by molar-refractivity contribution is -0.176. The number of ketones is 1. The van der Waals surface area contributed by atoms with E-state index < -0.39 is 50.3 Å². The molecule has 2 aromatic heterocycles. The number of aliphatic hydroxyl groups is 2. The predicted molar refractivity (Wildman–Crippen MR) is 100 cm³/mol. The van der Waals surface area contributed by atoms with Crippen molar-refractivity contribution in [1.82, 2.24) is 19.5 Å². The number of hydrogen-bond donors (Lipinski definition) is 6. The number of rotatable bonds is 7. The molecule has 30 heavy (non-hydrogen) atoms. The van der Waals surface area contributed by atoms with Gasteiger partial charge in [-0.25, -0.2) is 19.5 Å². The second-order valence-corrected chi connectivity index (χ2v) is 8.49. The highest BCUT2D eigenvalue weighted by molar-refractivity contribution is 7.46. The molecule has 8 N–H and O–H groups in total. The lowest BCUT2D eigenvalue weighted by Gasteiger charge is -2.35. The molecule has 0 aromatic carbocycles. The number of nitrogen functional groups attached to an aromatic ring is 1. The van der Waals surface area contributed by atoms with Gasteiger partial charge >= 0.3 is 7.82 Å². The monoisotopic (exact) mass is 446 g/mol. The maximum Gasteiger partial charge on any atom is 0.469 e. The first-order valence-electron chi connectivity index (χ1n) is 8.88. The van der Waals surface area contributed by atoms with E-state index >= 15 is 0 Å². The number of fused-ring (bicyclic) bond motifs is 1. The van der Waals surface area contributed by atoms with Gasteiger partial charge in [0.15, 0.2) is 11.5 Å². The highest BCUT2D eigenvalue weighted by atomic mass is 31.2. The molecule has 5 atom stereocenters. The van der Waals surface area contributed by atoms with Crippen LogP contribution in [0.3, 0.4) is 0 Å².